The van der Waals surface area contributed by atoms with E-state index in [0.717, 1.165) is 0 Å². The summed E-state index contributed by atoms with van der Waals surface area (Å²) in [6, 6.07) is 8.82. The molecule has 0 aromatic heterocycles. The molecule has 3 rings (SSSR count). The van der Waals surface area contributed by atoms with Crippen molar-refractivity contribution in [3.8, 4) is 11.5 Å². The maximum Gasteiger partial charge on any atom is 0.259 e. The zero-order valence-electron chi connectivity index (χ0n) is 15.0. The van der Waals surface area contributed by atoms with Gasteiger partial charge in [-0.15, -0.1) is 0 Å². The van der Waals surface area contributed by atoms with Crippen LogP contribution in [-0.4, -0.2) is 57.1 Å². The fourth-order valence-corrected chi connectivity index (χ4v) is 4.72. The molecule has 0 aliphatic carbocycles. The van der Waals surface area contributed by atoms with Crippen molar-refractivity contribution in [1.82, 2.24) is 4.31 Å². The Labute approximate surface area is 171 Å². The Morgan fingerprint density at radius 2 is 1.93 bits per heavy atom. The van der Waals surface area contributed by atoms with Crippen LogP contribution in [0.15, 0.2) is 45.8 Å². The van der Waals surface area contributed by atoms with Crippen LogP contribution < -0.4 is 10.1 Å². The van der Waals surface area contributed by atoms with Crippen LogP contribution in [0.1, 0.15) is 10.4 Å². The van der Waals surface area contributed by atoms with E-state index in [1.165, 1.54) is 41.7 Å². The number of rotatable bonds is 5. The summed E-state index contributed by atoms with van der Waals surface area (Å²) < 4.78 is 38.4. The first-order chi connectivity index (χ1) is 13.3. The summed E-state index contributed by atoms with van der Waals surface area (Å²) in [6.07, 6.45) is 0. The summed E-state index contributed by atoms with van der Waals surface area (Å²) in [7, 11) is -2.44. The molecule has 1 saturated heterocycles. The van der Waals surface area contributed by atoms with E-state index in [-0.39, 0.29) is 40.7 Å². The number of hydrogen-bond acceptors (Lipinski definition) is 6. The number of nitrogens with one attached hydrogen (secondary N) is 1. The van der Waals surface area contributed by atoms with Gasteiger partial charge in [-0.2, -0.15) is 4.31 Å². The van der Waals surface area contributed by atoms with Gasteiger partial charge in [0.1, 0.15) is 16.4 Å². The second-order valence-electron chi connectivity index (χ2n) is 6.00. The number of morpholine rings is 1. The molecular formula is C18H19BrN2O6S. The van der Waals surface area contributed by atoms with Crippen LogP contribution in [0.5, 0.6) is 11.5 Å². The van der Waals surface area contributed by atoms with Crippen LogP contribution >= 0.6 is 15.9 Å². The molecule has 0 radical (unpaired) electrons. The Hall–Kier alpha value is -2.14. The molecule has 1 aliphatic rings. The summed E-state index contributed by atoms with van der Waals surface area (Å²) in [5.74, 6) is -0.580. The highest BCUT2D eigenvalue weighted by Crippen LogP contribution is 2.31. The molecule has 0 unspecified atom stereocenters. The number of carbonyl (C=O) groups excluding carboxylic acids is 1. The number of methoxy groups -OCH3 is 1. The topological polar surface area (TPSA) is 105 Å². The van der Waals surface area contributed by atoms with Crippen LogP contribution in [0.4, 0.5) is 5.69 Å². The van der Waals surface area contributed by atoms with Gasteiger partial charge in [0, 0.05) is 23.2 Å². The minimum atomic E-state index is -3.82. The maximum absolute atomic E-state index is 13.0. The number of ether oxygens (including phenoxy) is 2. The Balaban J connectivity index is 1.92. The highest BCUT2D eigenvalue weighted by atomic mass is 79.9. The summed E-state index contributed by atoms with van der Waals surface area (Å²) in [5, 5.41) is 12.5. The average molecular weight is 471 g/mol. The number of aromatic hydroxyl groups is 1. The van der Waals surface area contributed by atoms with Crippen molar-refractivity contribution in [3.05, 3.63) is 46.4 Å². The van der Waals surface area contributed by atoms with E-state index >= 15 is 0 Å². The van der Waals surface area contributed by atoms with Gasteiger partial charge in [-0.1, -0.05) is 15.9 Å². The van der Waals surface area contributed by atoms with Crippen LogP contribution in [0.25, 0.3) is 0 Å². The number of benzene rings is 2. The molecule has 1 heterocycles. The number of anilines is 1. The quantitative estimate of drug-likeness (QED) is 0.694. The molecule has 8 nitrogen and oxygen atoms in total. The number of sulfonamides is 1. The van der Waals surface area contributed by atoms with Gasteiger partial charge in [-0.3, -0.25) is 4.79 Å². The highest BCUT2D eigenvalue weighted by molar-refractivity contribution is 9.10. The third kappa shape index (κ3) is 4.30. The molecule has 1 amide bonds. The second kappa shape index (κ2) is 8.48. The lowest BCUT2D eigenvalue weighted by molar-refractivity contribution is 0.0729. The molecule has 0 spiro atoms. The number of nitrogens with zero attached hydrogens (tertiary/aromatic N) is 1. The first-order valence-electron chi connectivity index (χ1n) is 8.38. The van der Waals surface area contributed by atoms with Gasteiger partial charge in [0.05, 0.1) is 25.9 Å². The van der Waals surface area contributed by atoms with E-state index in [4.69, 9.17) is 9.47 Å². The van der Waals surface area contributed by atoms with Crippen LogP contribution in [-0.2, 0) is 14.8 Å². The third-order valence-corrected chi connectivity index (χ3v) is 6.63. The molecule has 10 heteroatoms. The molecule has 150 valence electrons. The lowest BCUT2D eigenvalue weighted by Crippen LogP contribution is -2.40. The van der Waals surface area contributed by atoms with Crippen molar-refractivity contribution in [3.63, 3.8) is 0 Å². The van der Waals surface area contributed by atoms with Gasteiger partial charge in [0.15, 0.2) is 0 Å². The Morgan fingerprint density at radius 1 is 1.21 bits per heavy atom. The van der Waals surface area contributed by atoms with Crippen molar-refractivity contribution in [2.75, 3.05) is 38.7 Å². The SMILES string of the molecule is COc1ccc(NC(=O)c2cc(Br)ccc2O)cc1S(=O)(=O)N1CCOCC1. The number of halogens is 1. The van der Waals surface area contributed by atoms with Crippen molar-refractivity contribution < 1.29 is 27.8 Å². The Bertz CT molecular complexity index is 990. The smallest absolute Gasteiger partial charge is 0.259 e. The van der Waals surface area contributed by atoms with Crippen LogP contribution in [0.2, 0.25) is 0 Å². The largest absolute Gasteiger partial charge is 0.507 e. The van der Waals surface area contributed by atoms with Gasteiger partial charge < -0.3 is 19.9 Å². The van der Waals surface area contributed by atoms with Crippen molar-refractivity contribution in [2.45, 2.75) is 4.90 Å². The average Bonchev–Trinajstić information content (AvgIpc) is 2.70. The summed E-state index contributed by atoms with van der Waals surface area (Å²) in [6.45, 7) is 1.13. The predicted molar refractivity (Wildman–Crippen MR) is 106 cm³/mol. The van der Waals surface area contributed by atoms with Gasteiger partial charge in [0.2, 0.25) is 10.0 Å². The number of carbonyl (C=O) groups is 1. The van der Waals surface area contributed by atoms with E-state index in [0.29, 0.717) is 17.7 Å². The van der Waals surface area contributed by atoms with Gasteiger partial charge in [-0.25, -0.2) is 8.42 Å². The number of phenols is 1. The van der Waals surface area contributed by atoms with Crippen LogP contribution in [0.3, 0.4) is 0 Å². The predicted octanol–water partition coefficient (Wildman–Crippen LogP) is 2.44. The molecular weight excluding hydrogens is 452 g/mol. The summed E-state index contributed by atoms with van der Waals surface area (Å²) >= 11 is 3.25. The summed E-state index contributed by atoms with van der Waals surface area (Å²) in [4.78, 5) is 12.5. The van der Waals surface area contributed by atoms with Gasteiger partial charge in [0.25, 0.3) is 5.91 Å². The minimum Gasteiger partial charge on any atom is -0.507 e. The fourth-order valence-electron chi connectivity index (χ4n) is 2.77. The van der Waals surface area contributed by atoms with E-state index in [1.54, 1.807) is 6.07 Å². The number of phenolic OH excluding ortho intramolecular Hbond substituents is 1. The molecule has 1 fully saturated rings. The van der Waals surface area contributed by atoms with E-state index < -0.39 is 15.9 Å². The van der Waals surface area contributed by atoms with E-state index in [1.807, 2.05) is 0 Å². The first kappa shape index (κ1) is 20.6. The molecule has 2 aromatic carbocycles. The van der Waals surface area contributed by atoms with Gasteiger partial charge >= 0.3 is 0 Å². The molecule has 1 aliphatic heterocycles. The molecule has 0 bridgehead atoms. The molecule has 2 N–H and O–H groups in total. The van der Waals surface area contributed by atoms with E-state index in [2.05, 4.69) is 21.2 Å². The molecule has 0 atom stereocenters. The second-order valence-corrected chi connectivity index (χ2v) is 8.82. The Kier molecular flexibility index (Phi) is 6.23. The maximum atomic E-state index is 13.0. The summed E-state index contributed by atoms with van der Waals surface area (Å²) in [5.41, 5.74) is 0.319. The Morgan fingerprint density at radius 3 is 2.61 bits per heavy atom. The van der Waals surface area contributed by atoms with Crippen molar-refractivity contribution in [1.29, 1.82) is 0 Å². The number of amides is 1. The zero-order valence-corrected chi connectivity index (χ0v) is 17.4. The van der Waals surface area contributed by atoms with Crippen molar-refractivity contribution >= 4 is 37.5 Å². The zero-order chi connectivity index (χ0) is 20.3. The van der Waals surface area contributed by atoms with Gasteiger partial charge in [-0.05, 0) is 36.4 Å². The first-order valence-corrected chi connectivity index (χ1v) is 10.6. The molecule has 0 saturated carbocycles. The van der Waals surface area contributed by atoms with E-state index in [9.17, 15) is 18.3 Å². The lowest BCUT2D eigenvalue weighted by atomic mass is 10.2. The normalized spacial score (nSPS) is 15.2. The minimum absolute atomic E-state index is 0.0480. The molecule has 28 heavy (non-hydrogen) atoms. The fraction of sp³-hybridized carbons (Fsp3) is 0.278. The highest BCUT2D eigenvalue weighted by Gasteiger charge is 2.29. The van der Waals surface area contributed by atoms with Crippen LogP contribution in [0, 0.1) is 0 Å². The molecule has 2 aromatic rings. The monoisotopic (exact) mass is 470 g/mol. The number of hydrogen-bond donors (Lipinski definition) is 2. The standard InChI is InChI=1S/C18H19BrN2O6S/c1-26-16-5-3-13(20-18(23)14-10-12(19)2-4-15(14)22)11-17(16)28(24,25)21-6-8-27-9-7-21/h2-5,10-11,22H,6-9H2,1H3,(H,20,23). The van der Waals surface area contributed by atoms with Crippen molar-refractivity contribution in [2.24, 2.45) is 0 Å². The lowest BCUT2D eigenvalue weighted by Gasteiger charge is -2.26. The third-order valence-electron chi connectivity index (χ3n) is 4.21.